The average molecular weight is 695 g/mol. The fourth-order valence-electron chi connectivity index (χ4n) is 5.02. The number of carbonyl (C=O) groups is 1. The molecule has 1 aliphatic rings. The molecular weight excluding hydrogens is 644 g/mol. The van der Waals surface area contributed by atoms with E-state index in [4.69, 9.17) is 35.3 Å². The van der Waals surface area contributed by atoms with Gasteiger partial charge >= 0.3 is 5.97 Å². The van der Waals surface area contributed by atoms with Gasteiger partial charge in [-0.2, -0.15) is 0 Å². The number of thioether (sulfide) groups is 1. The standard InChI is InChI=1S/C35H51ClO8SSi/c1-23(24(2)37)14-15-28(38)33-29(43-35(3,4)44-33)16-17-31(45-26-12-10-9-11-13-26)27-20-25(36)21-30(42-22-40-5)32(27)34(39)41-18-19-46(6,7)8/h9-15,20-21,23-24,28-29,31,33,37-38H,16-19,22H2,1-8H3/b15-14-/t23-,24+,28?,29+,31?,33-/m1/s1. The first kappa shape index (κ1) is 38.6. The molecule has 0 saturated carbocycles. The SMILES string of the molecule is COCOc1cc(Cl)cc(C(CC[C@@H]2OC(C)(C)O[C@@H]2C(O)/C=C\[C@@H](C)[C@H](C)O)Sc2ccccc2)c1C(=O)OCC[Si](C)(C)C. The second-order valence-electron chi connectivity index (χ2n) is 13.5. The number of aliphatic hydroxyl groups excluding tert-OH is 2. The van der Waals surface area contributed by atoms with Crippen molar-refractivity contribution in [1.29, 1.82) is 0 Å². The van der Waals surface area contributed by atoms with Gasteiger partial charge in [-0.3, -0.25) is 0 Å². The molecule has 2 aromatic carbocycles. The van der Waals surface area contributed by atoms with E-state index in [9.17, 15) is 15.0 Å². The first-order valence-electron chi connectivity index (χ1n) is 15.8. The number of aliphatic hydroxyl groups is 2. The molecule has 1 saturated heterocycles. The van der Waals surface area contributed by atoms with Gasteiger partial charge in [-0.25, -0.2) is 4.79 Å². The molecule has 0 amide bonds. The summed E-state index contributed by atoms with van der Waals surface area (Å²) in [7, 11) is 0.0697. The number of hydrogen-bond acceptors (Lipinski definition) is 9. The van der Waals surface area contributed by atoms with E-state index in [1.165, 1.54) is 7.11 Å². The number of esters is 1. The van der Waals surface area contributed by atoms with Crippen LogP contribution >= 0.6 is 23.4 Å². The molecule has 46 heavy (non-hydrogen) atoms. The largest absolute Gasteiger partial charge is 0.467 e. The Morgan fingerprint density at radius 3 is 2.43 bits per heavy atom. The predicted octanol–water partition coefficient (Wildman–Crippen LogP) is 7.89. The van der Waals surface area contributed by atoms with E-state index in [0.29, 0.717) is 41.3 Å². The van der Waals surface area contributed by atoms with Gasteiger partial charge < -0.3 is 33.9 Å². The fraction of sp³-hybridized carbons (Fsp3) is 0.571. The Bertz CT molecular complexity index is 1280. The lowest BCUT2D eigenvalue weighted by Crippen LogP contribution is -2.34. The highest BCUT2D eigenvalue weighted by Gasteiger charge is 2.44. The van der Waals surface area contributed by atoms with Gasteiger partial charge in [0.1, 0.15) is 23.5 Å². The van der Waals surface area contributed by atoms with E-state index in [0.717, 1.165) is 10.9 Å². The van der Waals surface area contributed by atoms with E-state index in [1.54, 1.807) is 43.0 Å². The van der Waals surface area contributed by atoms with Crippen LogP contribution in [-0.4, -0.2) is 75.0 Å². The zero-order valence-corrected chi connectivity index (χ0v) is 30.9. The number of methoxy groups -OCH3 is 1. The van der Waals surface area contributed by atoms with Crippen LogP contribution in [0.15, 0.2) is 59.5 Å². The summed E-state index contributed by atoms with van der Waals surface area (Å²) in [5.74, 6) is -1.20. The van der Waals surface area contributed by atoms with Gasteiger partial charge in [0.05, 0.1) is 18.8 Å². The third-order valence-electron chi connectivity index (χ3n) is 7.73. The molecule has 0 radical (unpaired) electrons. The Kier molecular flexibility index (Phi) is 14.7. The fourth-order valence-corrected chi connectivity index (χ4v) is 7.17. The number of ether oxygens (including phenoxy) is 5. The molecule has 0 aromatic heterocycles. The van der Waals surface area contributed by atoms with Gasteiger partial charge in [0.25, 0.3) is 0 Å². The van der Waals surface area contributed by atoms with Gasteiger partial charge in [0.15, 0.2) is 12.6 Å². The molecule has 0 aliphatic carbocycles. The topological polar surface area (TPSA) is 104 Å². The van der Waals surface area contributed by atoms with Crippen molar-refractivity contribution < 1.29 is 38.7 Å². The molecule has 6 atom stereocenters. The lowest BCUT2D eigenvalue weighted by molar-refractivity contribution is -0.153. The Balaban J connectivity index is 1.99. The Labute approximate surface area is 284 Å². The number of halogens is 1. The molecule has 0 spiro atoms. The first-order chi connectivity index (χ1) is 21.6. The molecule has 1 aliphatic heterocycles. The Hall–Kier alpha value is -1.89. The van der Waals surface area contributed by atoms with Crippen LogP contribution < -0.4 is 4.74 Å². The average Bonchev–Trinajstić information content (AvgIpc) is 3.30. The van der Waals surface area contributed by atoms with E-state index < -0.39 is 44.2 Å². The summed E-state index contributed by atoms with van der Waals surface area (Å²) in [5.41, 5.74) is 1.01. The molecule has 1 fully saturated rings. The van der Waals surface area contributed by atoms with Gasteiger partial charge in [-0.05, 0) is 75.4 Å². The monoisotopic (exact) mass is 694 g/mol. The van der Waals surface area contributed by atoms with Crippen molar-refractivity contribution in [1.82, 2.24) is 0 Å². The zero-order chi connectivity index (χ0) is 34.1. The van der Waals surface area contributed by atoms with Gasteiger partial charge in [-0.1, -0.05) is 68.5 Å². The van der Waals surface area contributed by atoms with Gasteiger partial charge in [-0.15, -0.1) is 11.8 Å². The highest BCUT2D eigenvalue weighted by molar-refractivity contribution is 7.99. The lowest BCUT2D eigenvalue weighted by atomic mass is 9.96. The van der Waals surface area contributed by atoms with E-state index in [2.05, 4.69) is 19.6 Å². The van der Waals surface area contributed by atoms with Crippen molar-refractivity contribution >= 4 is 37.4 Å². The summed E-state index contributed by atoms with van der Waals surface area (Å²) in [6.45, 7) is 14.2. The third-order valence-corrected chi connectivity index (χ3v) is 11.0. The molecule has 256 valence electrons. The molecule has 1 heterocycles. The second kappa shape index (κ2) is 17.5. The minimum Gasteiger partial charge on any atom is -0.467 e. The first-order valence-corrected chi connectivity index (χ1v) is 20.8. The maximum absolute atomic E-state index is 13.8. The van der Waals surface area contributed by atoms with E-state index >= 15 is 0 Å². The normalized spacial score (nSPS) is 20.8. The lowest BCUT2D eigenvalue weighted by Gasteiger charge is -2.25. The summed E-state index contributed by atoms with van der Waals surface area (Å²) >= 11 is 8.25. The highest BCUT2D eigenvalue weighted by Crippen LogP contribution is 2.45. The highest BCUT2D eigenvalue weighted by atomic mass is 35.5. The number of benzene rings is 2. The van der Waals surface area contributed by atoms with Crippen LogP contribution in [0.5, 0.6) is 5.75 Å². The van der Waals surface area contributed by atoms with Crippen LogP contribution in [0, 0.1) is 5.92 Å². The summed E-state index contributed by atoms with van der Waals surface area (Å²) in [5, 5.41) is 21.2. The molecular formula is C35H51ClO8SSi. The maximum atomic E-state index is 13.8. The van der Waals surface area contributed by atoms with Crippen molar-refractivity contribution in [2.75, 3.05) is 20.5 Å². The van der Waals surface area contributed by atoms with Crippen LogP contribution in [0.25, 0.3) is 0 Å². The van der Waals surface area contributed by atoms with Crippen molar-refractivity contribution in [3.05, 3.63) is 70.8 Å². The number of hydrogen-bond donors (Lipinski definition) is 2. The number of carbonyl (C=O) groups excluding carboxylic acids is 1. The summed E-state index contributed by atoms with van der Waals surface area (Å²) in [4.78, 5) is 14.8. The van der Waals surface area contributed by atoms with Crippen molar-refractivity contribution in [2.45, 2.75) is 107 Å². The van der Waals surface area contributed by atoms with Gasteiger partial charge in [0, 0.05) is 30.4 Å². The van der Waals surface area contributed by atoms with Crippen LogP contribution in [0.3, 0.4) is 0 Å². The molecule has 0 bridgehead atoms. The smallest absolute Gasteiger partial charge is 0.342 e. The molecule has 2 unspecified atom stereocenters. The quantitative estimate of drug-likeness (QED) is 0.0563. The number of rotatable bonds is 17. The molecule has 3 rings (SSSR count). The van der Waals surface area contributed by atoms with E-state index in [-0.39, 0.29) is 18.0 Å². The summed E-state index contributed by atoms with van der Waals surface area (Å²) < 4.78 is 29.4. The van der Waals surface area contributed by atoms with Crippen molar-refractivity contribution in [3.8, 4) is 5.75 Å². The summed E-state index contributed by atoms with van der Waals surface area (Å²) in [6.07, 6.45) is 1.99. The maximum Gasteiger partial charge on any atom is 0.342 e. The van der Waals surface area contributed by atoms with Crippen LogP contribution in [0.4, 0.5) is 0 Å². The van der Waals surface area contributed by atoms with E-state index in [1.807, 2.05) is 51.1 Å². The molecule has 2 N–H and O–H groups in total. The van der Waals surface area contributed by atoms with Gasteiger partial charge in [0.2, 0.25) is 0 Å². The summed E-state index contributed by atoms with van der Waals surface area (Å²) in [6, 6.07) is 14.2. The minimum atomic E-state index is -1.45. The molecule has 8 nitrogen and oxygen atoms in total. The van der Waals surface area contributed by atoms with Crippen molar-refractivity contribution in [3.63, 3.8) is 0 Å². The predicted molar refractivity (Wildman–Crippen MR) is 186 cm³/mol. The van der Waals surface area contributed by atoms with Crippen molar-refractivity contribution in [2.24, 2.45) is 5.92 Å². The Morgan fingerprint density at radius 1 is 1.11 bits per heavy atom. The molecule has 11 heteroatoms. The van der Waals surface area contributed by atoms with Crippen LogP contribution in [-0.2, 0) is 18.9 Å². The second-order valence-corrected chi connectivity index (χ2v) is 20.8. The third kappa shape index (κ3) is 12.0. The Morgan fingerprint density at radius 2 is 1.80 bits per heavy atom. The zero-order valence-electron chi connectivity index (χ0n) is 28.3. The van der Waals surface area contributed by atoms with Crippen LogP contribution in [0.1, 0.15) is 61.7 Å². The minimum absolute atomic E-state index is 0.0610. The molecule has 2 aromatic rings. The van der Waals surface area contributed by atoms with Crippen LogP contribution in [0.2, 0.25) is 30.7 Å².